The first-order chi connectivity index (χ1) is 8.93. The molecular formula is C14H17NO4. The third-order valence-electron chi connectivity index (χ3n) is 2.70. The number of ketones is 1. The van der Waals surface area contributed by atoms with Crippen LogP contribution in [0.4, 0.5) is 5.69 Å². The molecule has 1 amide bonds. The number of aryl methyl sites for hydroxylation is 1. The predicted molar refractivity (Wildman–Crippen MR) is 71.1 cm³/mol. The van der Waals surface area contributed by atoms with Crippen molar-refractivity contribution in [3.05, 3.63) is 29.3 Å². The first-order valence-corrected chi connectivity index (χ1v) is 5.92. The van der Waals surface area contributed by atoms with Crippen LogP contribution in [0, 0.1) is 6.92 Å². The molecule has 0 saturated carbocycles. The predicted octanol–water partition coefficient (Wildman–Crippen LogP) is 2.09. The second kappa shape index (κ2) is 6.68. The molecule has 1 rings (SSSR count). The molecule has 0 bridgehead atoms. The second-order valence-corrected chi connectivity index (χ2v) is 4.21. The van der Waals surface area contributed by atoms with Gasteiger partial charge in [0, 0.05) is 17.7 Å². The molecule has 102 valence electrons. The van der Waals surface area contributed by atoms with Crippen molar-refractivity contribution in [2.24, 2.45) is 0 Å². The van der Waals surface area contributed by atoms with E-state index in [1.54, 1.807) is 18.2 Å². The van der Waals surface area contributed by atoms with E-state index in [-0.39, 0.29) is 24.5 Å². The summed E-state index contributed by atoms with van der Waals surface area (Å²) in [5.41, 5.74) is 1.98. The molecule has 0 unspecified atom stereocenters. The summed E-state index contributed by atoms with van der Waals surface area (Å²) in [6, 6.07) is 5.11. The minimum absolute atomic E-state index is 0.0355. The molecule has 5 heteroatoms. The van der Waals surface area contributed by atoms with Crippen LogP contribution in [-0.4, -0.2) is 24.8 Å². The van der Waals surface area contributed by atoms with E-state index in [9.17, 15) is 14.4 Å². The van der Waals surface area contributed by atoms with Gasteiger partial charge in [0.25, 0.3) is 0 Å². The maximum absolute atomic E-state index is 11.7. The fraction of sp³-hybridized carbons (Fsp3) is 0.357. The van der Waals surface area contributed by atoms with Gasteiger partial charge in [-0.25, -0.2) is 0 Å². The van der Waals surface area contributed by atoms with Gasteiger partial charge in [-0.15, -0.1) is 0 Å². The molecule has 0 fully saturated rings. The highest BCUT2D eigenvalue weighted by Crippen LogP contribution is 2.17. The van der Waals surface area contributed by atoms with Gasteiger partial charge >= 0.3 is 5.97 Å². The smallest absolute Gasteiger partial charge is 0.306 e. The number of carbonyl (C=O) groups is 3. The molecule has 0 aliphatic heterocycles. The number of Topliss-reactive ketones (excluding diaryl/α,β-unsaturated/α-hetero) is 1. The molecule has 1 N–H and O–H groups in total. The summed E-state index contributed by atoms with van der Waals surface area (Å²) in [6.07, 6.45) is 0.0875. The number of methoxy groups -OCH3 is 1. The van der Waals surface area contributed by atoms with Crippen molar-refractivity contribution in [2.45, 2.75) is 26.7 Å². The lowest BCUT2D eigenvalue weighted by Crippen LogP contribution is -2.15. The van der Waals surface area contributed by atoms with Crippen LogP contribution in [0.1, 0.15) is 35.7 Å². The molecule has 19 heavy (non-hydrogen) atoms. The Morgan fingerprint density at radius 1 is 1.21 bits per heavy atom. The summed E-state index contributed by atoms with van der Waals surface area (Å²) < 4.78 is 4.46. The van der Waals surface area contributed by atoms with Crippen molar-refractivity contribution in [3.8, 4) is 0 Å². The molecule has 0 aliphatic rings. The topological polar surface area (TPSA) is 72.5 Å². The zero-order chi connectivity index (χ0) is 14.4. The van der Waals surface area contributed by atoms with Gasteiger partial charge < -0.3 is 10.1 Å². The lowest BCUT2D eigenvalue weighted by molar-refractivity contribution is -0.141. The van der Waals surface area contributed by atoms with E-state index in [0.29, 0.717) is 11.3 Å². The fourth-order valence-electron chi connectivity index (χ4n) is 1.51. The Morgan fingerprint density at radius 3 is 2.47 bits per heavy atom. The maximum Gasteiger partial charge on any atom is 0.306 e. The van der Waals surface area contributed by atoms with Crippen LogP contribution >= 0.6 is 0 Å². The van der Waals surface area contributed by atoms with Crippen LogP contribution in [0.3, 0.4) is 0 Å². The van der Waals surface area contributed by atoms with Gasteiger partial charge in [-0.3, -0.25) is 14.4 Å². The monoisotopic (exact) mass is 263 g/mol. The summed E-state index contributed by atoms with van der Waals surface area (Å²) in [4.78, 5) is 33.9. The summed E-state index contributed by atoms with van der Waals surface area (Å²) in [5.74, 6) is -0.774. The van der Waals surface area contributed by atoms with E-state index < -0.39 is 5.97 Å². The number of rotatable bonds is 5. The molecule has 0 aromatic heterocycles. The van der Waals surface area contributed by atoms with E-state index >= 15 is 0 Å². The van der Waals surface area contributed by atoms with Gasteiger partial charge in [-0.1, -0.05) is 12.1 Å². The molecule has 0 atom stereocenters. The molecule has 0 radical (unpaired) electrons. The highest BCUT2D eigenvalue weighted by molar-refractivity contribution is 5.98. The highest BCUT2D eigenvalue weighted by Gasteiger charge is 2.10. The minimum atomic E-state index is -0.427. The zero-order valence-electron chi connectivity index (χ0n) is 11.3. The van der Waals surface area contributed by atoms with Gasteiger partial charge in [0.05, 0.1) is 13.5 Å². The fourth-order valence-corrected chi connectivity index (χ4v) is 1.51. The summed E-state index contributed by atoms with van der Waals surface area (Å²) in [7, 11) is 1.28. The molecule has 0 spiro atoms. The van der Waals surface area contributed by atoms with Gasteiger partial charge in [-0.05, 0) is 25.5 Å². The number of carbonyl (C=O) groups excluding carboxylic acids is 3. The Labute approximate surface area is 111 Å². The minimum Gasteiger partial charge on any atom is -0.469 e. The van der Waals surface area contributed by atoms with Crippen molar-refractivity contribution in [2.75, 3.05) is 12.4 Å². The zero-order valence-corrected chi connectivity index (χ0v) is 11.3. The standard InChI is InChI=1S/C14H17NO4/c1-9-4-5-11(10(2)16)8-12(9)15-13(17)6-7-14(18)19-3/h4-5,8H,6-7H2,1-3H3,(H,15,17). The molecule has 0 aliphatic carbocycles. The van der Waals surface area contributed by atoms with E-state index in [1.807, 2.05) is 6.92 Å². The number of benzene rings is 1. The molecule has 1 aromatic rings. The Kier molecular flexibility index (Phi) is 5.23. The van der Waals surface area contributed by atoms with Gasteiger partial charge in [0.15, 0.2) is 5.78 Å². The van der Waals surface area contributed by atoms with Crippen LogP contribution in [0.2, 0.25) is 0 Å². The Morgan fingerprint density at radius 2 is 1.89 bits per heavy atom. The number of hydrogen-bond acceptors (Lipinski definition) is 4. The summed E-state index contributed by atoms with van der Waals surface area (Å²) in [6.45, 7) is 3.30. The number of nitrogens with one attached hydrogen (secondary N) is 1. The lowest BCUT2D eigenvalue weighted by Gasteiger charge is -2.09. The normalized spacial score (nSPS) is 9.84. The molecule has 0 saturated heterocycles. The van der Waals surface area contributed by atoms with E-state index in [0.717, 1.165) is 5.56 Å². The maximum atomic E-state index is 11.7. The molecule has 5 nitrogen and oxygen atoms in total. The number of anilines is 1. The first-order valence-electron chi connectivity index (χ1n) is 5.92. The van der Waals surface area contributed by atoms with Gasteiger partial charge in [0.2, 0.25) is 5.91 Å². The molecular weight excluding hydrogens is 246 g/mol. The van der Waals surface area contributed by atoms with Crippen molar-refractivity contribution >= 4 is 23.3 Å². The summed E-state index contributed by atoms with van der Waals surface area (Å²) >= 11 is 0. The van der Waals surface area contributed by atoms with Crippen molar-refractivity contribution in [3.63, 3.8) is 0 Å². The molecule has 0 heterocycles. The largest absolute Gasteiger partial charge is 0.469 e. The van der Waals surface area contributed by atoms with Crippen LogP contribution in [0.15, 0.2) is 18.2 Å². The van der Waals surface area contributed by atoms with Crippen LogP contribution < -0.4 is 5.32 Å². The number of esters is 1. The Hall–Kier alpha value is -2.17. The average molecular weight is 263 g/mol. The Bertz CT molecular complexity index is 508. The lowest BCUT2D eigenvalue weighted by atomic mass is 10.1. The molecule has 1 aromatic carbocycles. The van der Waals surface area contributed by atoms with E-state index in [1.165, 1.54) is 14.0 Å². The van der Waals surface area contributed by atoms with Crippen LogP contribution in [0.5, 0.6) is 0 Å². The highest BCUT2D eigenvalue weighted by atomic mass is 16.5. The SMILES string of the molecule is COC(=O)CCC(=O)Nc1cc(C(C)=O)ccc1C. The van der Waals surface area contributed by atoms with Crippen molar-refractivity contribution in [1.29, 1.82) is 0 Å². The van der Waals surface area contributed by atoms with Crippen molar-refractivity contribution < 1.29 is 19.1 Å². The van der Waals surface area contributed by atoms with E-state index in [4.69, 9.17) is 0 Å². The third-order valence-corrected chi connectivity index (χ3v) is 2.70. The van der Waals surface area contributed by atoms with E-state index in [2.05, 4.69) is 10.1 Å². The first kappa shape index (κ1) is 14.9. The van der Waals surface area contributed by atoms with Crippen molar-refractivity contribution in [1.82, 2.24) is 0 Å². The van der Waals surface area contributed by atoms with Gasteiger partial charge in [0.1, 0.15) is 0 Å². The van der Waals surface area contributed by atoms with Crippen LogP contribution in [-0.2, 0) is 14.3 Å². The average Bonchev–Trinajstić information content (AvgIpc) is 2.38. The quantitative estimate of drug-likeness (QED) is 0.652. The number of hydrogen-bond donors (Lipinski definition) is 1. The Balaban J connectivity index is 2.70. The third kappa shape index (κ3) is 4.54. The number of ether oxygens (including phenoxy) is 1. The summed E-state index contributed by atoms with van der Waals surface area (Å²) in [5, 5.41) is 2.69. The van der Waals surface area contributed by atoms with Gasteiger partial charge in [-0.2, -0.15) is 0 Å². The second-order valence-electron chi connectivity index (χ2n) is 4.21. The number of amides is 1. The van der Waals surface area contributed by atoms with Crippen LogP contribution in [0.25, 0.3) is 0 Å².